The quantitative estimate of drug-likeness (QED) is 0.801. The van der Waals surface area contributed by atoms with Gasteiger partial charge >= 0.3 is 5.97 Å². The molecule has 0 aliphatic heterocycles. The van der Waals surface area contributed by atoms with E-state index < -0.39 is 0 Å². The Kier molecular flexibility index (Phi) is 2.85. The zero-order valence-corrected chi connectivity index (χ0v) is 9.23. The predicted octanol–water partition coefficient (Wildman–Crippen LogP) is 1.91. The number of nitrogens with zero attached hydrogens (tertiary/aromatic N) is 2. The maximum absolute atomic E-state index is 11.8. The molecule has 84 valence electrons. The Morgan fingerprint density at radius 1 is 1.50 bits per heavy atom. The van der Waals surface area contributed by atoms with E-state index in [-0.39, 0.29) is 12.1 Å². The zero-order valence-electron chi connectivity index (χ0n) is 9.23. The number of hydrogen-bond donors (Lipinski definition) is 1. The zero-order chi connectivity index (χ0) is 11.5. The van der Waals surface area contributed by atoms with Crippen molar-refractivity contribution < 1.29 is 9.53 Å². The SMILES string of the molecule is CCC(C)OC(=O)c1cccc2n[nH]nc12. The Balaban J connectivity index is 2.32. The van der Waals surface area contributed by atoms with E-state index in [1.165, 1.54) is 0 Å². The number of esters is 1. The average Bonchev–Trinajstić information content (AvgIpc) is 2.76. The molecule has 1 N–H and O–H groups in total. The molecule has 0 bridgehead atoms. The van der Waals surface area contributed by atoms with Gasteiger partial charge < -0.3 is 4.74 Å². The molecule has 16 heavy (non-hydrogen) atoms. The number of aromatic amines is 1. The number of rotatable bonds is 3. The molecule has 2 rings (SSSR count). The fraction of sp³-hybridized carbons (Fsp3) is 0.364. The first kappa shape index (κ1) is 10.6. The van der Waals surface area contributed by atoms with E-state index in [4.69, 9.17) is 4.74 Å². The third-order valence-corrected chi connectivity index (χ3v) is 2.45. The van der Waals surface area contributed by atoms with Crippen molar-refractivity contribution in [3.8, 4) is 0 Å². The summed E-state index contributed by atoms with van der Waals surface area (Å²) >= 11 is 0. The van der Waals surface area contributed by atoms with Crippen molar-refractivity contribution in [2.24, 2.45) is 0 Å². The van der Waals surface area contributed by atoms with Crippen LogP contribution >= 0.6 is 0 Å². The highest BCUT2D eigenvalue weighted by molar-refractivity contribution is 6.01. The van der Waals surface area contributed by atoms with Crippen molar-refractivity contribution in [3.05, 3.63) is 23.8 Å². The van der Waals surface area contributed by atoms with Gasteiger partial charge in [-0.2, -0.15) is 15.4 Å². The van der Waals surface area contributed by atoms with Gasteiger partial charge in [-0.05, 0) is 25.5 Å². The molecule has 0 amide bonds. The van der Waals surface area contributed by atoms with Crippen LogP contribution in [-0.4, -0.2) is 27.5 Å². The standard InChI is InChI=1S/C11H13N3O2/c1-3-7(2)16-11(15)8-5-4-6-9-10(8)13-14-12-9/h4-7H,3H2,1-2H3,(H,12,13,14). The van der Waals surface area contributed by atoms with Gasteiger partial charge in [0.2, 0.25) is 0 Å². The number of carbonyl (C=O) groups excluding carboxylic acids is 1. The van der Waals surface area contributed by atoms with Crippen molar-refractivity contribution in [1.82, 2.24) is 15.4 Å². The van der Waals surface area contributed by atoms with Gasteiger partial charge in [0.1, 0.15) is 11.0 Å². The summed E-state index contributed by atoms with van der Waals surface area (Å²) in [7, 11) is 0. The highest BCUT2D eigenvalue weighted by Crippen LogP contribution is 2.15. The van der Waals surface area contributed by atoms with Crippen molar-refractivity contribution in [2.75, 3.05) is 0 Å². The Hall–Kier alpha value is -1.91. The fourth-order valence-corrected chi connectivity index (χ4v) is 1.36. The molecule has 0 fully saturated rings. The minimum Gasteiger partial charge on any atom is -0.459 e. The van der Waals surface area contributed by atoms with Crippen LogP contribution in [-0.2, 0) is 4.74 Å². The van der Waals surface area contributed by atoms with E-state index in [1.807, 2.05) is 13.8 Å². The number of aromatic nitrogens is 3. The molecule has 1 heterocycles. The molecular weight excluding hydrogens is 206 g/mol. The first-order valence-corrected chi connectivity index (χ1v) is 5.23. The van der Waals surface area contributed by atoms with Crippen LogP contribution in [0.25, 0.3) is 11.0 Å². The van der Waals surface area contributed by atoms with Crippen molar-refractivity contribution >= 4 is 17.0 Å². The van der Waals surface area contributed by atoms with E-state index in [0.717, 1.165) is 6.42 Å². The lowest BCUT2D eigenvalue weighted by atomic mass is 10.2. The van der Waals surface area contributed by atoms with Gasteiger partial charge in [-0.1, -0.05) is 13.0 Å². The van der Waals surface area contributed by atoms with Gasteiger partial charge in [0.25, 0.3) is 0 Å². The molecule has 0 spiro atoms. The third kappa shape index (κ3) is 1.88. The van der Waals surface area contributed by atoms with Crippen LogP contribution in [0.5, 0.6) is 0 Å². The summed E-state index contributed by atoms with van der Waals surface area (Å²) in [6.07, 6.45) is 0.704. The van der Waals surface area contributed by atoms with Gasteiger partial charge in [0.15, 0.2) is 0 Å². The molecule has 5 nitrogen and oxygen atoms in total. The maximum Gasteiger partial charge on any atom is 0.340 e. The smallest absolute Gasteiger partial charge is 0.340 e. The second kappa shape index (κ2) is 4.30. The highest BCUT2D eigenvalue weighted by Gasteiger charge is 2.15. The molecule has 0 aliphatic carbocycles. The lowest BCUT2D eigenvalue weighted by Crippen LogP contribution is -2.14. The summed E-state index contributed by atoms with van der Waals surface area (Å²) in [5, 5.41) is 10.3. The molecule has 0 saturated carbocycles. The summed E-state index contributed by atoms with van der Waals surface area (Å²) < 4.78 is 5.24. The summed E-state index contributed by atoms with van der Waals surface area (Å²) in [5.74, 6) is -0.353. The molecule has 1 unspecified atom stereocenters. The Bertz CT molecular complexity index is 507. The number of para-hydroxylation sites is 1. The maximum atomic E-state index is 11.8. The molecule has 0 aliphatic rings. The van der Waals surface area contributed by atoms with Crippen molar-refractivity contribution in [2.45, 2.75) is 26.4 Å². The van der Waals surface area contributed by atoms with Crippen molar-refractivity contribution in [3.63, 3.8) is 0 Å². The van der Waals surface area contributed by atoms with Gasteiger partial charge in [0.05, 0.1) is 11.7 Å². The summed E-state index contributed by atoms with van der Waals surface area (Å²) in [6, 6.07) is 5.24. The summed E-state index contributed by atoms with van der Waals surface area (Å²) in [4.78, 5) is 11.8. The van der Waals surface area contributed by atoms with E-state index in [0.29, 0.717) is 16.6 Å². The number of fused-ring (bicyclic) bond motifs is 1. The Morgan fingerprint density at radius 3 is 3.06 bits per heavy atom. The van der Waals surface area contributed by atoms with Crippen LogP contribution in [0.3, 0.4) is 0 Å². The minimum absolute atomic E-state index is 0.0883. The highest BCUT2D eigenvalue weighted by atomic mass is 16.5. The fourth-order valence-electron chi connectivity index (χ4n) is 1.36. The normalized spacial score (nSPS) is 12.6. The largest absolute Gasteiger partial charge is 0.459 e. The van der Waals surface area contributed by atoms with E-state index >= 15 is 0 Å². The van der Waals surface area contributed by atoms with Gasteiger partial charge in [0, 0.05) is 0 Å². The summed E-state index contributed by atoms with van der Waals surface area (Å²) in [6.45, 7) is 3.83. The monoisotopic (exact) mass is 219 g/mol. The molecule has 0 radical (unpaired) electrons. The second-order valence-electron chi connectivity index (χ2n) is 3.62. The third-order valence-electron chi connectivity index (χ3n) is 2.45. The van der Waals surface area contributed by atoms with Crippen LogP contribution in [0, 0.1) is 0 Å². The molecule has 1 aromatic carbocycles. The molecule has 1 aromatic heterocycles. The molecule has 1 atom stereocenters. The van der Waals surface area contributed by atoms with E-state index in [1.54, 1.807) is 18.2 Å². The Morgan fingerprint density at radius 2 is 2.31 bits per heavy atom. The Labute approximate surface area is 92.8 Å². The average molecular weight is 219 g/mol. The number of nitrogens with one attached hydrogen (secondary N) is 1. The second-order valence-corrected chi connectivity index (χ2v) is 3.62. The predicted molar refractivity (Wildman–Crippen MR) is 59.1 cm³/mol. The topological polar surface area (TPSA) is 67.9 Å². The first-order chi connectivity index (χ1) is 7.72. The number of carbonyl (C=O) groups is 1. The van der Waals surface area contributed by atoms with Crippen LogP contribution < -0.4 is 0 Å². The minimum atomic E-state index is -0.353. The van der Waals surface area contributed by atoms with Crippen LogP contribution in [0.15, 0.2) is 18.2 Å². The van der Waals surface area contributed by atoms with E-state index in [2.05, 4.69) is 15.4 Å². The van der Waals surface area contributed by atoms with Gasteiger partial charge in [-0.15, -0.1) is 0 Å². The molecule has 2 aromatic rings. The molecular formula is C11H13N3O2. The molecule has 5 heteroatoms. The number of H-pyrrole nitrogens is 1. The lowest BCUT2D eigenvalue weighted by Gasteiger charge is -2.10. The van der Waals surface area contributed by atoms with Crippen LogP contribution in [0.2, 0.25) is 0 Å². The molecule has 0 saturated heterocycles. The first-order valence-electron chi connectivity index (χ1n) is 5.23. The van der Waals surface area contributed by atoms with Gasteiger partial charge in [-0.25, -0.2) is 4.79 Å². The van der Waals surface area contributed by atoms with E-state index in [9.17, 15) is 4.79 Å². The van der Waals surface area contributed by atoms with Crippen LogP contribution in [0.1, 0.15) is 30.6 Å². The number of ether oxygens (including phenoxy) is 1. The van der Waals surface area contributed by atoms with Gasteiger partial charge in [-0.3, -0.25) is 0 Å². The van der Waals surface area contributed by atoms with Crippen molar-refractivity contribution in [1.29, 1.82) is 0 Å². The summed E-state index contributed by atoms with van der Waals surface area (Å²) in [5.41, 5.74) is 1.67. The van der Waals surface area contributed by atoms with Crippen LogP contribution in [0.4, 0.5) is 0 Å². The number of hydrogen-bond acceptors (Lipinski definition) is 4. The number of benzene rings is 1. The lowest BCUT2D eigenvalue weighted by molar-refractivity contribution is 0.0336.